The molecule has 0 N–H and O–H groups in total. The zero-order valence-electron chi connectivity index (χ0n) is 36.2. The van der Waals surface area contributed by atoms with Crippen molar-refractivity contribution in [3.63, 3.8) is 0 Å². The van der Waals surface area contributed by atoms with E-state index in [0.717, 1.165) is 88.4 Å². The molecule has 0 fully saturated rings. The monoisotopic (exact) mass is 866 g/mol. The Morgan fingerprint density at radius 2 is 0.794 bits per heavy atom. The Labute approximate surface area is 390 Å². The molecule has 9 aromatic carbocycles. The highest BCUT2D eigenvalue weighted by Gasteiger charge is 2.21. The van der Waals surface area contributed by atoms with E-state index in [2.05, 4.69) is 124 Å². The van der Waals surface area contributed by atoms with Crippen LogP contribution in [-0.4, -0.2) is 24.1 Å². The fraction of sp³-hybridized carbons (Fsp3) is 0. The average molecular weight is 867 g/mol. The molecular formula is C60H34N8. The topological polar surface area (TPSA) is 120 Å². The van der Waals surface area contributed by atoms with Crippen LogP contribution in [0.4, 0.5) is 0 Å². The zero-order chi connectivity index (χ0) is 45.7. The molecule has 0 radical (unpaired) electrons. The van der Waals surface area contributed by atoms with Crippen LogP contribution in [0, 0.1) is 34.0 Å². The Morgan fingerprint density at radius 1 is 0.309 bits per heavy atom. The van der Waals surface area contributed by atoms with E-state index in [4.69, 9.17) is 15.0 Å². The molecular weight excluding hydrogens is 833 g/mol. The molecule has 0 saturated heterocycles. The van der Waals surface area contributed by atoms with Gasteiger partial charge in [-0.15, -0.1) is 0 Å². The SMILES string of the molecule is N#Cc1cc(C#N)cc(-c2cc(C#N)ccc2-n2c3ccccc3c3cc(-c4cc(-c5nc(-c6ccccc6)nc(-c6ccccc6)n5)cc(-n5c6ccccc6c6ccccc65)c4)ccc32)c1. The summed E-state index contributed by atoms with van der Waals surface area (Å²) in [5, 5.41) is 34.3. The maximum atomic E-state index is 10.0. The lowest BCUT2D eigenvalue weighted by atomic mass is 9.97. The minimum Gasteiger partial charge on any atom is -0.309 e. The van der Waals surface area contributed by atoms with Gasteiger partial charge in [-0.1, -0.05) is 121 Å². The second kappa shape index (κ2) is 16.2. The third-order valence-corrected chi connectivity index (χ3v) is 12.6. The third-order valence-electron chi connectivity index (χ3n) is 12.6. The molecule has 0 bridgehead atoms. The van der Waals surface area contributed by atoms with Crippen LogP contribution in [0.15, 0.2) is 206 Å². The quantitative estimate of drug-likeness (QED) is 0.157. The number of aromatic nitrogens is 5. The van der Waals surface area contributed by atoms with Crippen molar-refractivity contribution in [3.8, 4) is 86.0 Å². The van der Waals surface area contributed by atoms with Crippen molar-refractivity contribution >= 4 is 43.6 Å². The molecule has 68 heavy (non-hydrogen) atoms. The number of nitrogens with zero attached hydrogens (tertiary/aromatic N) is 8. The van der Waals surface area contributed by atoms with E-state index in [1.165, 1.54) is 0 Å². The van der Waals surface area contributed by atoms with E-state index in [0.29, 0.717) is 39.7 Å². The van der Waals surface area contributed by atoms with Crippen LogP contribution in [0.1, 0.15) is 16.7 Å². The zero-order valence-corrected chi connectivity index (χ0v) is 36.2. The molecule has 8 heteroatoms. The fourth-order valence-corrected chi connectivity index (χ4v) is 9.53. The lowest BCUT2D eigenvalue weighted by molar-refractivity contribution is 1.07. The van der Waals surface area contributed by atoms with E-state index < -0.39 is 0 Å². The molecule has 0 unspecified atom stereocenters. The summed E-state index contributed by atoms with van der Waals surface area (Å²) >= 11 is 0. The first-order valence-electron chi connectivity index (χ1n) is 22.1. The van der Waals surface area contributed by atoms with Gasteiger partial charge in [0.2, 0.25) is 0 Å². The molecule has 0 aliphatic heterocycles. The number of nitriles is 3. The molecule has 0 aliphatic rings. The molecule has 0 spiro atoms. The van der Waals surface area contributed by atoms with Gasteiger partial charge in [-0.2, -0.15) is 15.8 Å². The van der Waals surface area contributed by atoms with E-state index in [1.807, 2.05) is 91.0 Å². The van der Waals surface area contributed by atoms with E-state index >= 15 is 0 Å². The molecule has 3 aromatic heterocycles. The van der Waals surface area contributed by atoms with Gasteiger partial charge in [-0.3, -0.25) is 0 Å². The highest BCUT2D eigenvalue weighted by molar-refractivity contribution is 6.12. The first kappa shape index (κ1) is 39.6. The molecule has 0 atom stereocenters. The van der Waals surface area contributed by atoms with Crippen molar-refractivity contribution in [2.24, 2.45) is 0 Å². The molecule has 8 nitrogen and oxygen atoms in total. The fourth-order valence-electron chi connectivity index (χ4n) is 9.53. The largest absolute Gasteiger partial charge is 0.309 e. The van der Waals surface area contributed by atoms with E-state index in [1.54, 1.807) is 18.2 Å². The highest BCUT2D eigenvalue weighted by Crippen LogP contribution is 2.41. The number of hydrogen-bond donors (Lipinski definition) is 0. The second-order valence-corrected chi connectivity index (χ2v) is 16.6. The lowest BCUT2D eigenvalue weighted by Gasteiger charge is -2.16. The highest BCUT2D eigenvalue weighted by atomic mass is 15.0. The number of rotatable bonds is 7. The van der Waals surface area contributed by atoms with Gasteiger partial charge >= 0.3 is 0 Å². The Kier molecular flexibility index (Phi) is 9.47. The molecule has 3 heterocycles. The van der Waals surface area contributed by atoms with Crippen LogP contribution >= 0.6 is 0 Å². The summed E-state index contributed by atoms with van der Waals surface area (Å²) in [5.74, 6) is 1.71. The van der Waals surface area contributed by atoms with Gasteiger partial charge in [0, 0.05) is 49.5 Å². The normalized spacial score (nSPS) is 11.2. The average Bonchev–Trinajstić information content (AvgIpc) is 3.93. The molecule has 0 aliphatic carbocycles. The first-order chi connectivity index (χ1) is 33.5. The predicted octanol–water partition coefficient (Wildman–Crippen LogP) is 14.0. The van der Waals surface area contributed by atoms with E-state index in [-0.39, 0.29) is 0 Å². The number of para-hydroxylation sites is 3. The minimum atomic E-state index is 0.367. The van der Waals surface area contributed by atoms with Crippen LogP contribution in [0.2, 0.25) is 0 Å². The van der Waals surface area contributed by atoms with Crippen LogP contribution in [0.5, 0.6) is 0 Å². The standard InChI is InChI=1S/C60H34N8/c61-35-38-23-25-56(51(30-38)45-28-39(36-62)27-40(29-45)37-63)68-55-22-12-9-19-50(55)52-34-43(24-26-57(52)68)44-31-46(33-47(32-44)67-53-20-10-7-17-48(53)49-18-8-11-21-54(49)67)60-65-58(41-13-3-1-4-14-41)64-59(66-60)42-15-5-2-6-16-42/h1-34H. The van der Waals surface area contributed by atoms with Gasteiger partial charge in [0.05, 0.1) is 62.7 Å². The molecule has 12 aromatic rings. The predicted molar refractivity (Wildman–Crippen MR) is 270 cm³/mol. The van der Waals surface area contributed by atoms with Crippen molar-refractivity contribution < 1.29 is 0 Å². The van der Waals surface area contributed by atoms with Gasteiger partial charge in [-0.25, -0.2) is 15.0 Å². The lowest BCUT2D eigenvalue weighted by Crippen LogP contribution is -2.02. The van der Waals surface area contributed by atoms with Gasteiger partial charge < -0.3 is 9.13 Å². The Bertz CT molecular complexity index is 3980. The molecule has 314 valence electrons. The minimum absolute atomic E-state index is 0.367. The second-order valence-electron chi connectivity index (χ2n) is 16.6. The molecule has 12 rings (SSSR count). The van der Waals surface area contributed by atoms with Crippen molar-refractivity contribution in [1.29, 1.82) is 15.8 Å². The summed E-state index contributed by atoms with van der Waals surface area (Å²) in [7, 11) is 0. The summed E-state index contributed by atoms with van der Waals surface area (Å²) in [5.41, 5.74) is 13.0. The summed E-state index contributed by atoms with van der Waals surface area (Å²) < 4.78 is 4.53. The van der Waals surface area contributed by atoms with Crippen LogP contribution < -0.4 is 0 Å². The third kappa shape index (κ3) is 6.72. The molecule has 0 amide bonds. The smallest absolute Gasteiger partial charge is 0.164 e. The van der Waals surface area contributed by atoms with Crippen LogP contribution in [0.25, 0.3) is 111 Å². The van der Waals surface area contributed by atoms with Crippen molar-refractivity contribution in [2.45, 2.75) is 0 Å². The summed E-state index contributed by atoms with van der Waals surface area (Å²) in [6, 6.07) is 75.9. The van der Waals surface area contributed by atoms with Crippen LogP contribution in [-0.2, 0) is 0 Å². The maximum Gasteiger partial charge on any atom is 0.164 e. The summed E-state index contributed by atoms with van der Waals surface area (Å²) in [6.07, 6.45) is 0. The van der Waals surface area contributed by atoms with Crippen molar-refractivity contribution in [2.75, 3.05) is 0 Å². The first-order valence-corrected chi connectivity index (χ1v) is 22.1. The van der Waals surface area contributed by atoms with Crippen LogP contribution in [0.3, 0.4) is 0 Å². The number of fused-ring (bicyclic) bond motifs is 6. The Morgan fingerprint density at radius 3 is 1.37 bits per heavy atom. The number of hydrogen-bond acceptors (Lipinski definition) is 6. The van der Waals surface area contributed by atoms with Crippen molar-refractivity contribution in [1.82, 2.24) is 24.1 Å². The van der Waals surface area contributed by atoms with Gasteiger partial charge in [0.1, 0.15) is 0 Å². The van der Waals surface area contributed by atoms with E-state index in [9.17, 15) is 15.8 Å². The van der Waals surface area contributed by atoms with Crippen molar-refractivity contribution in [3.05, 3.63) is 223 Å². The van der Waals surface area contributed by atoms with Gasteiger partial charge in [-0.05, 0) is 102 Å². The summed E-state index contributed by atoms with van der Waals surface area (Å²) in [4.78, 5) is 15.4. The number of benzene rings is 9. The Balaban J connectivity index is 1.11. The molecule has 0 saturated carbocycles. The summed E-state index contributed by atoms with van der Waals surface area (Å²) in [6.45, 7) is 0. The van der Waals surface area contributed by atoms with Gasteiger partial charge in [0.25, 0.3) is 0 Å². The van der Waals surface area contributed by atoms with Gasteiger partial charge in [0.15, 0.2) is 17.5 Å². The Hall–Kier alpha value is -9.94. The maximum absolute atomic E-state index is 10.0.